The summed E-state index contributed by atoms with van der Waals surface area (Å²) < 4.78 is 8.30. The van der Waals surface area contributed by atoms with Crippen LogP contribution in [0.2, 0.25) is 0 Å². The number of piperidine rings is 1. The molecule has 2 saturated heterocycles. The molecule has 4 rings (SSSR count). The third-order valence-corrected chi connectivity index (χ3v) is 7.01. The van der Waals surface area contributed by atoms with Gasteiger partial charge in [-0.25, -0.2) is 4.79 Å². The van der Waals surface area contributed by atoms with Gasteiger partial charge in [0.15, 0.2) is 0 Å². The molecule has 0 bridgehead atoms. The first-order chi connectivity index (χ1) is 15.1. The molecule has 8 heteroatoms. The Hall–Kier alpha value is -1.36. The Morgan fingerprint density at radius 3 is 2.61 bits per heavy atom. The fourth-order valence-electron chi connectivity index (χ4n) is 3.97. The second-order valence-corrected chi connectivity index (χ2v) is 10.1. The van der Waals surface area contributed by atoms with E-state index in [0.29, 0.717) is 6.10 Å². The van der Waals surface area contributed by atoms with Crippen molar-refractivity contribution in [1.82, 2.24) is 15.1 Å². The fraction of sp³-hybridized carbons (Fsp3) is 0.435. The molecule has 0 saturated carbocycles. The highest BCUT2D eigenvalue weighted by atomic mass is 127. The van der Waals surface area contributed by atoms with Crippen LogP contribution in [0.5, 0.6) is 5.75 Å². The summed E-state index contributed by atoms with van der Waals surface area (Å²) >= 11 is 5.94. The maximum absolute atomic E-state index is 12.6. The molecule has 2 aliphatic heterocycles. The zero-order chi connectivity index (χ0) is 21.6. The van der Waals surface area contributed by atoms with E-state index >= 15 is 0 Å². The Balaban J connectivity index is 1.25. The molecule has 2 N–H and O–H groups in total. The highest BCUT2D eigenvalue weighted by Crippen LogP contribution is 2.29. The summed E-state index contributed by atoms with van der Waals surface area (Å²) in [6.45, 7) is 6.11. The van der Waals surface area contributed by atoms with Crippen LogP contribution in [-0.2, 0) is 6.54 Å². The second-order valence-electron chi connectivity index (χ2n) is 8.04. The molecule has 0 radical (unpaired) electrons. The molecular weight excluding hydrogens is 571 g/mol. The van der Waals surface area contributed by atoms with Gasteiger partial charge >= 0.3 is 6.03 Å². The number of ether oxygens (including phenoxy) is 1. The molecular formula is C23H28BrIN4O2. The monoisotopic (exact) mass is 598 g/mol. The first kappa shape index (κ1) is 22.8. The van der Waals surface area contributed by atoms with Crippen molar-refractivity contribution < 1.29 is 9.53 Å². The average Bonchev–Trinajstić information content (AvgIpc) is 2.77. The minimum atomic E-state index is -0.0243. The lowest BCUT2D eigenvalue weighted by molar-refractivity contribution is 0.142. The number of piperazine rings is 1. The molecule has 2 aromatic carbocycles. The topological polar surface area (TPSA) is 56.8 Å². The van der Waals surface area contributed by atoms with Crippen molar-refractivity contribution in [2.24, 2.45) is 0 Å². The fourth-order valence-corrected chi connectivity index (χ4v) is 5.03. The zero-order valence-corrected chi connectivity index (χ0v) is 21.2. The van der Waals surface area contributed by atoms with Crippen LogP contribution >= 0.6 is 38.5 Å². The lowest BCUT2D eigenvalue weighted by Gasteiger charge is -2.34. The average molecular weight is 599 g/mol. The van der Waals surface area contributed by atoms with Gasteiger partial charge in [0.05, 0.1) is 4.47 Å². The summed E-state index contributed by atoms with van der Waals surface area (Å²) in [5.74, 6) is 0.924. The van der Waals surface area contributed by atoms with Crippen LogP contribution in [0, 0.1) is 3.57 Å². The molecule has 2 aromatic rings. The van der Waals surface area contributed by atoms with E-state index in [0.717, 1.165) is 78.1 Å². The summed E-state index contributed by atoms with van der Waals surface area (Å²) in [7, 11) is 0. The molecule has 31 heavy (non-hydrogen) atoms. The number of benzene rings is 2. The Kier molecular flexibility index (Phi) is 8.08. The van der Waals surface area contributed by atoms with Crippen molar-refractivity contribution in [1.29, 1.82) is 0 Å². The molecule has 2 aliphatic rings. The minimum absolute atomic E-state index is 0.0243. The summed E-state index contributed by atoms with van der Waals surface area (Å²) in [4.78, 5) is 16.8. The highest BCUT2D eigenvalue weighted by Gasteiger charge is 2.22. The molecule has 2 heterocycles. The largest absolute Gasteiger partial charge is 0.489 e. The van der Waals surface area contributed by atoms with Crippen LogP contribution in [0.15, 0.2) is 46.9 Å². The van der Waals surface area contributed by atoms with Gasteiger partial charge < -0.3 is 20.3 Å². The molecule has 2 amide bonds. The van der Waals surface area contributed by atoms with Crippen LogP contribution in [0.4, 0.5) is 10.5 Å². The van der Waals surface area contributed by atoms with E-state index in [1.165, 1.54) is 5.56 Å². The minimum Gasteiger partial charge on any atom is -0.489 e. The number of carbonyl (C=O) groups is 1. The van der Waals surface area contributed by atoms with Gasteiger partial charge in [0.25, 0.3) is 0 Å². The Bertz CT molecular complexity index is 899. The van der Waals surface area contributed by atoms with Crippen LogP contribution in [0.25, 0.3) is 0 Å². The molecule has 166 valence electrons. The van der Waals surface area contributed by atoms with Gasteiger partial charge in [0.1, 0.15) is 11.9 Å². The number of carbonyl (C=O) groups excluding carboxylic acids is 1. The normalized spacial score (nSPS) is 18.1. The predicted molar refractivity (Wildman–Crippen MR) is 136 cm³/mol. The van der Waals surface area contributed by atoms with E-state index in [4.69, 9.17) is 4.74 Å². The Labute approximate surface area is 206 Å². The smallest absolute Gasteiger partial charge is 0.321 e. The molecule has 0 aliphatic carbocycles. The van der Waals surface area contributed by atoms with Crippen LogP contribution in [0.3, 0.4) is 0 Å². The van der Waals surface area contributed by atoms with Crippen molar-refractivity contribution in [3.05, 3.63) is 56.1 Å². The number of amides is 2. The number of urea groups is 1. The molecule has 6 nitrogen and oxygen atoms in total. The van der Waals surface area contributed by atoms with E-state index < -0.39 is 0 Å². The molecule has 0 aromatic heterocycles. The van der Waals surface area contributed by atoms with Crippen molar-refractivity contribution in [2.45, 2.75) is 25.5 Å². The molecule has 0 spiro atoms. The first-order valence-electron chi connectivity index (χ1n) is 10.8. The first-order valence-corrected chi connectivity index (χ1v) is 12.6. The maximum atomic E-state index is 12.6. The van der Waals surface area contributed by atoms with Crippen molar-refractivity contribution >= 4 is 50.2 Å². The molecule has 2 fully saturated rings. The van der Waals surface area contributed by atoms with E-state index in [1.54, 1.807) is 0 Å². The molecule has 0 atom stereocenters. The number of hydrogen-bond donors (Lipinski definition) is 2. The summed E-state index contributed by atoms with van der Waals surface area (Å²) in [6.07, 6.45) is 2.40. The van der Waals surface area contributed by atoms with Gasteiger partial charge in [0.2, 0.25) is 0 Å². The van der Waals surface area contributed by atoms with E-state index in [2.05, 4.69) is 72.3 Å². The number of nitrogens with zero attached hydrogens (tertiary/aromatic N) is 2. The number of nitrogens with one attached hydrogen (secondary N) is 2. The van der Waals surface area contributed by atoms with Gasteiger partial charge in [-0.1, -0.05) is 12.1 Å². The maximum Gasteiger partial charge on any atom is 0.321 e. The van der Waals surface area contributed by atoms with E-state index in [-0.39, 0.29) is 6.03 Å². The third-order valence-electron chi connectivity index (χ3n) is 5.72. The van der Waals surface area contributed by atoms with E-state index in [9.17, 15) is 4.79 Å². The highest BCUT2D eigenvalue weighted by molar-refractivity contribution is 14.1. The lowest BCUT2D eigenvalue weighted by Crippen LogP contribution is -2.49. The molecule has 0 unspecified atom stereocenters. The standard InChI is InChI=1S/C23H28BrIN4O2/c24-21-14-17(4-5-22(21)31-20-6-8-26-9-7-20)16-28-10-12-29(13-11-28)23(30)27-19-3-1-2-18(25)15-19/h1-5,14-15,20,26H,6-13,16H2,(H,27,30). The van der Waals surface area contributed by atoms with Crippen molar-refractivity contribution in [3.63, 3.8) is 0 Å². The SMILES string of the molecule is O=C(Nc1cccc(I)c1)N1CCN(Cc2ccc(OC3CCNCC3)c(Br)c2)CC1. The van der Waals surface area contributed by atoms with Crippen molar-refractivity contribution in [2.75, 3.05) is 44.6 Å². The van der Waals surface area contributed by atoms with Crippen LogP contribution in [-0.4, -0.2) is 61.2 Å². The zero-order valence-electron chi connectivity index (χ0n) is 17.4. The Morgan fingerprint density at radius 1 is 1.13 bits per heavy atom. The van der Waals surface area contributed by atoms with Gasteiger partial charge in [-0.2, -0.15) is 0 Å². The lowest BCUT2D eigenvalue weighted by atomic mass is 10.1. The summed E-state index contributed by atoms with van der Waals surface area (Å²) in [5.41, 5.74) is 2.09. The van der Waals surface area contributed by atoms with Gasteiger partial charge in [-0.05, 0) is 100 Å². The summed E-state index contributed by atoms with van der Waals surface area (Å²) in [6, 6.07) is 14.2. The number of rotatable bonds is 5. The van der Waals surface area contributed by atoms with E-state index in [1.807, 2.05) is 29.2 Å². The quantitative estimate of drug-likeness (QED) is 0.497. The van der Waals surface area contributed by atoms with Gasteiger partial charge in [-0.3, -0.25) is 4.90 Å². The summed E-state index contributed by atoms with van der Waals surface area (Å²) in [5, 5.41) is 6.37. The predicted octanol–water partition coefficient (Wildman–Crippen LogP) is 4.53. The van der Waals surface area contributed by atoms with Crippen molar-refractivity contribution in [3.8, 4) is 5.75 Å². The van der Waals surface area contributed by atoms with Gasteiger partial charge in [0, 0.05) is 42.0 Å². The number of halogens is 2. The third kappa shape index (κ3) is 6.57. The van der Waals surface area contributed by atoms with Crippen LogP contribution in [0.1, 0.15) is 18.4 Å². The van der Waals surface area contributed by atoms with Crippen LogP contribution < -0.4 is 15.4 Å². The Morgan fingerprint density at radius 2 is 1.90 bits per heavy atom. The number of hydrogen-bond acceptors (Lipinski definition) is 4. The number of anilines is 1. The van der Waals surface area contributed by atoms with Gasteiger partial charge in [-0.15, -0.1) is 0 Å². The second kappa shape index (κ2) is 11.0.